The normalized spacial score (nSPS) is 21.3. The highest BCUT2D eigenvalue weighted by Gasteiger charge is 2.28. The number of alkyl carbamates (subject to hydrolysis) is 1. The summed E-state index contributed by atoms with van der Waals surface area (Å²) in [4.78, 5) is 24.3. The molecule has 2 saturated carbocycles. The van der Waals surface area contributed by atoms with Crippen LogP contribution in [0.5, 0.6) is 0 Å². The van der Waals surface area contributed by atoms with Gasteiger partial charge in [0.2, 0.25) is 0 Å². The first-order valence-electron chi connectivity index (χ1n) is 9.71. The molecule has 1 atom stereocenters. The zero-order valence-electron chi connectivity index (χ0n) is 15.2. The van der Waals surface area contributed by atoms with E-state index in [1.165, 1.54) is 38.5 Å². The molecular weight excluding hydrogens is 306 g/mol. The molecule has 1 amide bonds. The number of hydrogen-bond acceptors (Lipinski definition) is 4. The molecule has 5 heteroatoms. The number of ether oxygens (including phenoxy) is 2. The van der Waals surface area contributed by atoms with Crippen LogP contribution < -0.4 is 5.32 Å². The number of esters is 1. The Bertz CT molecular complexity index is 398. The number of carbonyl (C=O) groups is 2. The molecule has 0 aromatic heterocycles. The summed E-state index contributed by atoms with van der Waals surface area (Å²) >= 11 is 0. The predicted octanol–water partition coefficient (Wildman–Crippen LogP) is 4.40. The van der Waals surface area contributed by atoms with E-state index in [1.54, 1.807) is 0 Å². The van der Waals surface area contributed by atoms with Gasteiger partial charge in [-0.25, -0.2) is 4.79 Å². The van der Waals surface area contributed by atoms with Crippen molar-refractivity contribution in [2.24, 2.45) is 17.8 Å². The molecule has 0 spiro atoms. The number of rotatable bonds is 6. The smallest absolute Gasteiger partial charge is 0.410 e. The molecule has 0 saturated heterocycles. The Morgan fingerprint density at radius 3 is 2.08 bits per heavy atom. The van der Waals surface area contributed by atoms with Gasteiger partial charge in [-0.2, -0.15) is 0 Å². The lowest BCUT2D eigenvalue weighted by molar-refractivity contribution is -0.180. The third kappa shape index (κ3) is 6.33. The molecule has 138 valence electrons. The van der Waals surface area contributed by atoms with Gasteiger partial charge in [-0.3, -0.25) is 4.79 Å². The van der Waals surface area contributed by atoms with Crippen molar-refractivity contribution >= 4 is 12.1 Å². The highest BCUT2D eigenvalue weighted by molar-refractivity contribution is 5.73. The van der Waals surface area contributed by atoms with E-state index < -0.39 is 12.4 Å². The van der Waals surface area contributed by atoms with Gasteiger partial charge in [0.05, 0.1) is 5.92 Å². The Morgan fingerprint density at radius 1 is 0.917 bits per heavy atom. The molecular formula is C19H33NO4. The summed E-state index contributed by atoms with van der Waals surface area (Å²) in [7, 11) is 0. The highest BCUT2D eigenvalue weighted by Crippen LogP contribution is 2.26. The molecule has 1 N–H and O–H groups in total. The third-order valence-corrected chi connectivity index (χ3v) is 5.20. The largest absolute Gasteiger partial charge is 0.425 e. The van der Waals surface area contributed by atoms with Crippen LogP contribution in [0.1, 0.15) is 78.1 Å². The van der Waals surface area contributed by atoms with Crippen molar-refractivity contribution in [2.75, 3.05) is 6.54 Å². The van der Waals surface area contributed by atoms with Crippen LogP contribution in [0.4, 0.5) is 4.79 Å². The second-order valence-electron chi connectivity index (χ2n) is 7.67. The van der Waals surface area contributed by atoms with E-state index in [2.05, 4.69) is 5.32 Å². The molecule has 0 radical (unpaired) electrons. The van der Waals surface area contributed by atoms with Crippen LogP contribution in [0.15, 0.2) is 0 Å². The minimum atomic E-state index is -0.800. The monoisotopic (exact) mass is 339 g/mol. The molecule has 0 aromatic rings. The SMILES string of the molecule is CC(C)C(OC(=O)NCC1CCCCC1)OC(=O)C1CCCCC1. The Balaban J connectivity index is 1.74. The van der Waals surface area contributed by atoms with E-state index >= 15 is 0 Å². The lowest BCUT2D eigenvalue weighted by Gasteiger charge is -2.26. The maximum Gasteiger partial charge on any atom is 0.410 e. The average molecular weight is 339 g/mol. The van der Waals surface area contributed by atoms with Crippen molar-refractivity contribution in [1.29, 1.82) is 0 Å². The first kappa shape index (κ1) is 19.1. The molecule has 5 nitrogen and oxygen atoms in total. The molecule has 2 aliphatic rings. The average Bonchev–Trinajstić information content (AvgIpc) is 2.61. The summed E-state index contributed by atoms with van der Waals surface area (Å²) in [5.74, 6) is 0.244. The summed E-state index contributed by atoms with van der Waals surface area (Å²) in [6, 6.07) is 0. The molecule has 0 bridgehead atoms. The lowest BCUT2D eigenvalue weighted by atomic mass is 9.89. The van der Waals surface area contributed by atoms with Gasteiger partial charge in [-0.15, -0.1) is 0 Å². The fraction of sp³-hybridized carbons (Fsp3) is 0.895. The number of amides is 1. The van der Waals surface area contributed by atoms with Gasteiger partial charge in [-0.05, 0) is 31.6 Å². The minimum absolute atomic E-state index is 0.0334. The number of nitrogens with one attached hydrogen (secondary N) is 1. The van der Waals surface area contributed by atoms with E-state index in [0.29, 0.717) is 12.5 Å². The summed E-state index contributed by atoms with van der Waals surface area (Å²) in [5, 5.41) is 2.84. The summed E-state index contributed by atoms with van der Waals surface area (Å²) in [6.07, 6.45) is 9.98. The van der Waals surface area contributed by atoms with Gasteiger partial charge in [0, 0.05) is 12.5 Å². The Kier molecular flexibility index (Phi) is 7.86. The molecule has 2 aliphatic carbocycles. The third-order valence-electron chi connectivity index (χ3n) is 5.20. The van der Waals surface area contributed by atoms with E-state index in [-0.39, 0.29) is 17.8 Å². The lowest BCUT2D eigenvalue weighted by Crippen LogP contribution is -2.38. The first-order chi connectivity index (χ1) is 11.6. The molecule has 0 aliphatic heterocycles. The second kappa shape index (κ2) is 9.90. The van der Waals surface area contributed by atoms with Crippen LogP contribution in [0, 0.1) is 17.8 Å². The van der Waals surface area contributed by atoms with Crippen molar-refractivity contribution in [2.45, 2.75) is 84.3 Å². The van der Waals surface area contributed by atoms with Crippen molar-refractivity contribution in [3.05, 3.63) is 0 Å². The zero-order valence-corrected chi connectivity index (χ0v) is 15.2. The van der Waals surface area contributed by atoms with Gasteiger partial charge in [-0.1, -0.05) is 52.4 Å². The molecule has 0 aromatic carbocycles. The molecule has 0 heterocycles. The summed E-state index contributed by atoms with van der Waals surface area (Å²) < 4.78 is 10.9. The van der Waals surface area contributed by atoms with Gasteiger partial charge >= 0.3 is 12.1 Å². The maximum atomic E-state index is 12.3. The van der Waals surface area contributed by atoms with E-state index in [1.807, 2.05) is 13.8 Å². The van der Waals surface area contributed by atoms with E-state index in [9.17, 15) is 9.59 Å². The van der Waals surface area contributed by atoms with Gasteiger partial charge < -0.3 is 14.8 Å². The Labute approximate surface area is 145 Å². The van der Waals surface area contributed by atoms with E-state index in [4.69, 9.17) is 9.47 Å². The predicted molar refractivity (Wildman–Crippen MR) is 92.4 cm³/mol. The first-order valence-corrected chi connectivity index (χ1v) is 9.71. The fourth-order valence-electron chi connectivity index (χ4n) is 3.61. The fourth-order valence-corrected chi connectivity index (χ4v) is 3.61. The summed E-state index contributed by atoms with van der Waals surface area (Å²) in [6.45, 7) is 4.45. The van der Waals surface area contributed by atoms with Crippen molar-refractivity contribution in [3.63, 3.8) is 0 Å². The van der Waals surface area contributed by atoms with Crippen LogP contribution in [-0.4, -0.2) is 24.9 Å². The van der Waals surface area contributed by atoms with Crippen molar-refractivity contribution in [1.82, 2.24) is 5.32 Å². The van der Waals surface area contributed by atoms with E-state index in [0.717, 1.165) is 25.7 Å². The maximum absolute atomic E-state index is 12.3. The van der Waals surface area contributed by atoms with Gasteiger partial charge in [0.1, 0.15) is 0 Å². The van der Waals surface area contributed by atoms with Crippen LogP contribution in [-0.2, 0) is 14.3 Å². The second-order valence-corrected chi connectivity index (χ2v) is 7.67. The topological polar surface area (TPSA) is 64.6 Å². The number of hydrogen-bond donors (Lipinski definition) is 1. The standard InChI is InChI=1S/C19H33NO4/c1-14(2)18(23-17(21)16-11-7-4-8-12-16)24-19(22)20-13-15-9-5-3-6-10-15/h14-16,18H,3-13H2,1-2H3,(H,20,22). The van der Waals surface area contributed by atoms with Gasteiger partial charge in [0.25, 0.3) is 6.29 Å². The minimum Gasteiger partial charge on any atom is -0.425 e. The van der Waals surface area contributed by atoms with Crippen molar-refractivity contribution in [3.8, 4) is 0 Å². The molecule has 2 fully saturated rings. The van der Waals surface area contributed by atoms with Crippen LogP contribution in [0.25, 0.3) is 0 Å². The van der Waals surface area contributed by atoms with Crippen molar-refractivity contribution < 1.29 is 19.1 Å². The van der Waals surface area contributed by atoms with Crippen LogP contribution >= 0.6 is 0 Å². The molecule has 24 heavy (non-hydrogen) atoms. The van der Waals surface area contributed by atoms with Crippen LogP contribution in [0.2, 0.25) is 0 Å². The number of carbonyl (C=O) groups excluding carboxylic acids is 2. The Hall–Kier alpha value is -1.26. The highest BCUT2D eigenvalue weighted by atomic mass is 16.7. The summed E-state index contributed by atoms with van der Waals surface area (Å²) in [5.41, 5.74) is 0. The molecule has 1 unspecified atom stereocenters. The van der Waals surface area contributed by atoms with Crippen LogP contribution in [0.3, 0.4) is 0 Å². The quantitative estimate of drug-likeness (QED) is 0.575. The zero-order chi connectivity index (χ0) is 17.4. The molecule has 2 rings (SSSR count). The van der Waals surface area contributed by atoms with Gasteiger partial charge in [0.15, 0.2) is 0 Å². The Morgan fingerprint density at radius 2 is 1.50 bits per heavy atom.